The Kier molecular flexibility index (Phi) is 5.73. The van der Waals surface area contributed by atoms with Gasteiger partial charge >= 0.3 is 5.97 Å². The van der Waals surface area contributed by atoms with Crippen LogP contribution < -0.4 is 4.74 Å². The van der Waals surface area contributed by atoms with Gasteiger partial charge in [-0.1, -0.05) is 12.1 Å². The molecule has 0 atom stereocenters. The smallest absolute Gasteiger partial charge is 0.313 e. The molecule has 0 aliphatic rings. The van der Waals surface area contributed by atoms with Crippen LogP contribution in [-0.4, -0.2) is 31.3 Å². The van der Waals surface area contributed by atoms with E-state index in [4.69, 9.17) is 4.74 Å². The van der Waals surface area contributed by atoms with Crippen LogP contribution in [0.5, 0.6) is 5.75 Å². The normalized spacial score (nSPS) is 9.79. The highest BCUT2D eigenvalue weighted by Crippen LogP contribution is 2.19. The number of carbonyl (C=O) groups is 3. The lowest BCUT2D eigenvalue weighted by molar-refractivity contribution is -0.145. The van der Waals surface area contributed by atoms with Crippen LogP contribution in [0.4, 0.5) is 0 Å². The van der Waals surface area contributed by atoms with Crippen molar-refractivity contribution in [3.63, 3.8) is 0 Å². The van der Waals surface area contributed by atoms with Gasteiger partial charge in [0, 0.05) is 0 Å². The lowest BCUT2D eigenvalue weighted by Crippen LogP contribution is -2.15. The number of esters is 1. The Labute approximate surface area is 111 Å². The van der Waals surface area contributed by atoms with E-state index < -0.39 is 11.8 Å². The lowest BCUT2D eigenvalue weighted by atomic mass is 10.0. The molecule has 0 fully saturated rings. The SMILES string of the molecule is CCOC(=O)CC(=O)CC(=O)c1ccccc1OC. The van der Waals surface area contributed by atoms with Crippen LogP contribution in [0, 0.1) is 0 Å². The third-order valence-corrected chi connectivity index (χ3v) is 2.41. The Morgan fingerprint density at radius 1 is 1.11 bits per heavy atom. The maximum absolute atomic E-state index is 11.9. The number of rotatable bonds is 7. The molecule has 0 aliphatic heterocycles. The molecule has 0 N–H and O–H groups in total. The predicted octanol–water partition coefficient (Wildman–Crippen LogP) is 1.79. The molecule has 0 saturated carbocycles. The van der Waals surface area contributed by atoms with Crippen molar-refractivity contribution in [2.24, 2.45) is 0 Å². The molecule has 0 unspecified atom stereocenters. The van der Waals surface area contributed by atoms with E-state index in [1.165, 1.54) is 7.11 Å². The summed E-state index contributed by atoms with van der Waals surface area (Å²) in [5.41, 5.74) is 0.335. The van der Waals surface area contributed by atoms with Crippen molar-refractivity contribution >= 4 is 17.5 Å². The van der Waals surface area contributed by atoms with Crippen LogP contribution in [-0.2, 0) is 14.3 Å². The average Bonchev–Trinajstić information content (AvgIpc) is 2.38. The van der Waals surface area contributed by atoms with Gasteiger partial charge in [-0.15, -0.1) is 0 Å². The van der Waals surface area contributed by atoms with Gasteiger partial charge in [0.2, 0.25) is 0 Å². The van der Waals surface area contributed by atoms with Gasteiger partial charge in [-0.3, -0.25) is 14.4 Å². The first-order valence-corrected chi connectivity index (χ1v) is 5.92. The van der Waals surface area contributed by atoms with E-state index in [1.54, 1.807) is 31.2 Å². The van der Waals surface area contributed by atoms with Gasteiger partial charge in [0.25, 0.3) is 0 Å². The number of hydrogen-bond donors (Lipinski definition) is 0. The molecule has 5 heteroatoms. The summed E-state index contributed by atoms with van der Waals surface area (Å²) in [5, 5.41) is 0. The zero-order valence-corrected chi connectivity index (χ0v) is 11.0. The molecule has 1 rings (SSSR count). The Morgan fingerprint density at radius 3 is 2.42 bits per heavy atom. The highest BCUT2D eigenvalue weighted by atomic mass is 16.5. The molecule has 0 saturated heterocycles. The third-order valence-electron chi connectivity index (χ3n) is 2.41. The van der Waals surface area contributed by atoms with Crippen LogP contribution in [0.2, 0.25) is 0 Å². The van der Waals surface area contributed by atoms with Gasteiger partial charge in [-0.05, 0) is 19.1 Å². The highest BCUT2D eigenvalue weighted by Gasteiger charge is 2.18. The Hall–Kier alpha value is -2.17. The minimum absolute atomic E-state index is 0.215. The minimum Gasteiger partial charge on any atom is -0.496 e. The number of methoxy groups -OCH3 is 1. The second-order valence-electron chi connectivity index (χ2n) is 3.82. The highest BCUT2D eigenvalue weighted by molar-refractivity contribution is 6.12. The van der Waals surface area contributed by atoms with E-state index >= 15 is 0 Å². The molecule has 0 aliphatic carbocycles. The average molecular weight is 264 g/mol. The van der Waals surface area contributed by atoms with Crippen molar-refractivity contribution in [1.29, 1.82) is 0 Å². The summed E-state index contributed by atoms with van der Waals surface area (Å²) in [6.07, 6.45) is -0.714. The molecule has 0 radical (unpaired) electrons. The van der Waals surface area contributed by atoms with Gasteiger partial charge in [0.15, 0.2) is 11.6 Å². The molecule has 0 aromatic heterocycles. The topological polar surface area (TPSA) is 69.7 Å². The fourth-order valence-corrected chi connectivity index (χ4v) is 1.58. The predicted molar refractivity (Wildman–Crippen MR) is 68.2 cm³/mol. The van der Waals surface area contributed by atoms with Crippen molar-refractivity contribution in [2.75, 3.05) is 13.7 Å². The number of Topliss-reactive ketones (excluding diaryl/α,β-unsaturated/α-hetero) is 2. The molecule has 102 valence electrons. The van der Waals surface area contributed by atoms with Crippen LogP contribution >= 0.6 is 0 Å². The van der Waals surface area contributed by atoms with E-state index in [9.17, 15) is 14.4 Å². The monoisotopic (exact) mass is 264 g/mol. The number of hydrogen-bond acceptors (Lipinski definition) is 5. The van der Waals surface area contributed by atoms with Crippen LogP contribution in [0.15, 0.2) is 24.3 Å². The number of benzene rings is 1. The molecular weight excluding hydrogens is 248 g/mol. The first-order valence-electron chi connectivity index (χ1n) is 5.92. The van der Waals surface area contributed by atoms with Crippen molar-refractivity contribution in [3.8, 4) is 5.75 Å². The summed E-state index contributed by atoms with van der Waals surface area (Å²) in [6.45, 7) is 1.87. The minimum atomic E-state index is -0.611. The van der Waals surface area contributed by atoms with E-state index in [0.29, 0.717) is 11.3 Å². The largest absolute Gasteiger partial charge is 0.496 e. The zero-order valence-electron chi connectivity index (χ0n) is 11.0. The fraction of sp³-hybridized carbons (Fsp3) is 0.357. The summed E-state index contributed by atoms with van der Waals surface area (Å²) in [6, 6.07) is 6.64. The van der Waals surface area contributed by atoms with Crippen molar-refractivity contribution < 1.29 is 23.9 Å². The van der Waals surface area contributed by atoms with Gasteiger partial charge in [0.05, 0.1) is 25.7 Å². The summed E-state index contributed by atoms with van der Waals surface area (Å²) in [7, 11) is 1.45. The zero-order chi connectivity index (χ0) is 14.3. The molecule has 0 spiro atoms. The van der Waals surface area contributed by atoms with Gasteiger partial charge < -0.3 is 9.47 Å². The maximum atomic E-state index is 11.9. The number of carbonyl (C=O) groups excluding carboxylic acids is 3. The van der Waals surface area contributed by atoms with Crippen molar-refractivity contribution in [1.82, 2.24) is 0 Å². The molecule has 19 heavy (non-hydrogen) atoms. The van der Waals surface area contributed by atoms with Gasteiger partial charge in [-0.25, -0.2) is 0 Å². The Balaban J connectivity index is 2.64. The first kappa shape index (κ1) is 14.9. The lowest BCUT2D eigenvalue weighted by Gasteiger charge is -2.06. The first-order chi connectivity index (χ1) is 9.08. The summed E-state index contributed by atoms with van der Waals surface area (Å²) in [4.78, 5) is 34.6. The number of ketones is 2. The van der Waals surface area contributed by atoms with E-state index in [1.807, 2.05) is 0 Å². The summed E-state index contributed by atoms with van der Waals surface area (Å²) < 4.78 is 9.69. The molecule has 0 heterocycles. The van der Waals surface area contributed by atoms with E-state index in [-0.39, 0.29) is 25.2 Å². The van der Waals surface area contributed by atoms with Crippen molar-refractivity contribution in [2.45, 2.75) is 19.8 Å². The molecule has 1 aromatic carbocycles. The Morgan fingerprint density at radius 2 is 1.79 bits per heavy atom. The maximum Gasteiger partial charge on any atom is 0.313 e. The fourth-order valence-electron chi connectivity index (χ4n) is 1.58. The van der Waals surface area contributed by atoms with Crippen molar-refractivity contribution in [3.05, 3.63) is 29.8 Å². The standard InChI is InChI=1S/C14H16O5/c1-3-19-14(17)9-10(15)8-12(16)11-6-4-5-7-13(11)18-2/h4-7H,3,8-9H2,1-2H3. The quantitative estimate of drug-likeness (QED) is 0.426. The Bertz CT molecular complexity index is 478. The number of ether oxygens (including phenoxy) is 2. The van der Waals surface area contributed by atoms with E-state index in [2.05, 4.69) is 4.74 Å². The second kappa shape index (κ2) is 7.31. The molecule has 5 nitrogen and oxygen atoms in total. The van der Waals surface area contributed by atoms with E-state index in [0.717, 1.165) is 0 Å². The van der Waals surface area contributed by atoms with Gasteiger partial charge in [0.1, 0.15) is 12.2 Å². The van der Waals surface area contributed by atoms with Crippen LogP contribution in [0.25, 0.3) is 0 Å². The summed E-state index contributed by atoms with van der Waals surface area (Å²) in [5.74, 6) is -1.03. The molecule has 1 aromatic rings. The third kappa shape index (κ3) is 4.54. The van der Waals surface area contributed by atoms with Crippen LogP contribution in [0.1, 0.15) is 30.1 Å². The molecule has 0 bridgehead atoms. The molecular formula is C14H16O5. The number of para-hydroxylation sites is 1. The van der Waals surface area contributed by atoms with Gasteiger partial charge in [-0.2, -0.15) is 0 Å². The summed E-state index contributed by atoms with van der Waals surface area (Å²) >= 11 is 0. The molecule has 0 amide bonds. The second-order valence-corrected chi connectivity index (χ2v) is 3.82. The van der Waals surface area contributed by atoms with Crippen LogP contribution in [0.3, 0.4) is 0 Å².